The number of aromatic nitrogens is 5. The maximum atomic E-state index is 12.5. The van der Waals surface area contributed by atoms with E-state index in [-0.39, 0.29) is 5.91 Å². The van der Waals surface area contributed by atoms with Gasteiger partial charge in [0, 0.05) is 6.20 Å². The number of rotatable bonds is 5. The standard InChI is InChI=1S/C14H14N6O2S/c1-3-22-13-9(5-4-6-15-13)19-12(21)10-8(2)18-14(23-10)11-16-7-17-20-11/h4-7H,3H2,1-2H3,(H,19,21)(H,16,17,20). The van der Waals surface area contributed by atoms with E-state index >= 15 is 0 Å². The minimum Gasteiger partial charge on any atom is -0.476 e. The molecule has 2 N–H and O–H groups in total. The number of carbonyl (C=O) groups is 1. The molecule has 3 heterocycles. The Bertz CT molecular complexity index is 815. The summed E-state index contributed by atoms with van der Waals surface area (Å²) in [7, 11) is 0. The molecule has 0 saturated carbocycles. The van der Waals surface area contributed by atoms with Crippen LogP contribution in [0.3, 0.4) is 0 Å². The molecule has 0 aliphatic rings. The van der Waals surface area contributed by atoms with Gasteiger partial charge in [0.05, 0.1) is 12.3 Å². The minimum atomic E-state index is -0.264. The van der Waals surface area contributed by atoms with E-state index in [9.17, 15) is 4.79 Å². The van der Waals surface area contributed by atoms with Gasteiger partial charge in [-0.25, -0.2) is 15.0 Å². The lowest BCUT2D eigenvalue weighted by atomic mass is 10.3. The Hall–Kier alpha value is -2.81. The first kappa shape index (κ1) is 15.1. The number of aryl methyl sites for hydroxylation is 1. The molecule has 0 radical (unpaired) electrons. The fourth-order valence-electron chi connectivity index (χ4n) is 1.93. The van der Waals surface area contributed by atoms with Crippen LogP contribution in [-0.4, -0.2) is 37.7 Å². The Balaban J connectivity index is 1.84. The molecule has 0 aliphatic carbocycles. The van der Waals surface area contributed by atoms with Crippen molar-refractivity contribution in [2.75, 3.05) is 11.9 Å². The number of thiazole rings is 1. The molecule has 0 fully saturated rings. The van der Waals surface area contributed by atoms with Gasteiger partial charge in [-0.2, -0.15) is 5.10 Å². The van der Waals surface area contributed by atoms with Crippen molar-refractivity contribution in [1.29, 1.82) is 0 Å². The predicted molar refractivity (Wildman–Crippen MR) is 85.6 cm³/mol. The Morgan fingerprint density at radius 1 is 1.43 bits per heavy atom. The number of ether oxygens (including phenoxy) is 1. The molecule has 0 unspecified atom stereocenters. The van der Waals surface area contributed by atoms with Crippen LogP contribution < -0.4 is 10.1 Å². The van der Waals surface area contributed by atoms with Crippen molar-refractivity contribution in [1.82, 2.24) is 25.1 Å². The maximum Gasteiger partial charge on any atom is 0.267 e. The van der Waals surface area contributed by atoms with Crippen molar-refractivity contribution in [3.8, 4) is 16.7 Å². The van der Waals surface area contributed by atoms with Crippen molar-refractivity contribution in [3.05, 3.63) is 35.2 Å². The van der Waals surface area contributed by atoms with Crippen LogP contribution in [0.2, 0.25) is 0 Å². The maximum absolute atomic E-state index is 12.5. The molecular weight excluding hydrogens is 316 g/mol. The Kier molecular flexibility index (Phi) is 4.29. The average molecular weight is 330 g/mol. The predicted octanol–water partition coefficient (Wildman–Crippen LogP) is 2.28. The van der Waals surface area contributed by atoms with E-state index in [1.54, 1.807) is 25.3 Å². The second-order valence-corrected chi connectivity index (χ2v) is 5.51. The van der Waals surface area contributed by atoms with Gasteiger partial charge in [0.25, 0.3) is 5.91 Å². The average Bonchev–Trinajstić information content (AvgIpc) is 3.18. The van der Waals surface area contributed by atoms with Crippen LogP contribution in [0.4, 0.5) is 5.69 Å². The number of pyridine rings is 1. The molecule has 1 amide bonds. The molecule has 3 aromatic rings. The molecule has 3 aromatic heterocycles. The van der Waals surface area contributed by atoms with Crippen LogP contribution in [0.5, 0.6) is 5.88 Å². The van der Waals surface area contributed by atoms with Crippen LogP contribution in [0.15, 0.2) is 24.7 Å². The quantitative estimate of drug-likeness (QED) is 0.743. The summed E-state index contributed by atoms with van der Waals surface area (Å²) in [5, 5.41) is 9.94. The van der Waals surface area contributed by atoms with E-state index in [1.807, 2.05) is 6.92 Å². The highest BCUT2D eigenvalue weighted by Crippen LogP contribution is 2.27. The summed E-state index contributed by atoms with van der Waals surface area (Å²) >= 11 is 1.25. The highest BCUT2D eigenvalue weighted by molar-refractivity contribution is 7.17. The topological polar surface area (TPSA) is 106 Å². The fraction of sp³-hybridized carbons (Fsp3) is 0.214. The third-order valence-electron chi connectivity index (χ3n) is 2.92. The van der Waals surface area contributed by atoms with E-state index < -0.39 is 0 Å². The summed E-state index contributed by atoms with van der Waals surface area (Å²) in [4.78, 5) is 25.5. The number of nitrogens with one attached hydrogen (secondary N) is 2. The molecule has 9 heteroatoms. The molecule has 0 atom stereocenters. The Morgan fingerprint density at radius 3 is 3.04 bits per heavy atom. The third-order valence-corrected chi connectivity index (χ3v) is 4.08. The zero-order valence-electron chi connectivity index (χ0n) is 12.5. The molecule has 118 valence electrons. The summed E-state index contributed by atoms with van der Waals surface area (Å²) in [6.07, 6.45) is 3.01. The van der Waals surface area contributed by atoms with E-state index in [2.05, 4.69) is 30.5 Å². The van der Waals surface area contributed by atoms with Crippen molar-refractivity contribution in [2.24, 2.45) is 0 Å². The molecule has 0 aromatic carbocycles. The first-order valence-corrected chi connectivity index (χ1v) is 7.73. The van der Waals surface area contributed by atoms with Crippen molar-refractivity contribution < 1.29 is 9.53 Å². The molecule has 8 nitrogen and oxygen atoms in total. The Labute approximate surface area is 136 Å². The van der Waals surface area contributed by atoms with Crippen LogP contribution in [0.1, 0.15) is 22.3 Å². The normalized spacial score (nSPS) is 10.5. The van der Waals surface area contributed by atoms with E-state index in [0.717, 1.165) is 0 Å². The summed E-state index contributed by atoms with van der Waals surface area (Å²) in [6, 6.07) is 3.47. The number of nitrogens with zero attached hydrogens (tertiary/aromatic N) is 4. The first-order chi connectivity index (χ1) is 11.2. The number of hydrogen-bond acceptors (Lipinski definition) is 7. The molecule has 23 heavy (non-hydrogen) atoms. The second-order valence-electron chi connectivity index (χ2n) is 4.51. The van der Waals surface area contributed by atoms with E-state index in [0.29, 0.717) is 39.6 Å². The van der Waals surface area contributed by atoms with Gasteiger partial charge in [-0.15, -0.1) is 11.3 Å². The lowest BCUT2D eigenvalue weighted by Crippen LogP contribution is -2.13. The number of hydrogen-bond donors (Lipinski definition) is 2. The minimum absolute atomic E-state index is 0.264. The van der Waals surface area contributed by atoms with Gasteiger partial charge in [0.2, 0.25) is 5.88 Å². The molecule has 0 bridgehead atoms. The van der Waals surface area contributed by atoms with Crippen molar-refractivity contribution in [3.63, 3.8) is 0 Å². The summed E-state index contributed by atoms with van der Waals surface area (Å²) in [5.41, 5.74) is 1.15. The van der Waals surface area contributed by atoms with Crippen molar-refractivity contribution >= 4 is 22.9 Å². The van der Waals surface area contributed by atoms with Gasteiger partial charge in [0.15, 0.2) is 10.8 Å². The lowest BCUT2D eigenvalue weighted by Gasteiger charge is -2.09. The van der Waals surface area contributed by atoms with Crippen LogP contribution >= 0.6 is 11.3 Å². The molecule has 0 aliphatic heterocycles. The number of amides is 1. The SMILES string of the molecule is CCOc1ncccc1NC(=O)c1sc(-c2ncn[nH]2)nc1C. The first-order valence-electron chi connectivity index (χ1n) is 6.91. The monoisotopic (exact) mass is 330 g/mol. The van der Waals surface area contributed by atoms with Crippen LogP contribution in [-0.2, 0) is 0 Å². The van der Waals surface area contributed by atoms with Crippen molar-refractivity contribution in [2.45, 2.75) is 13.8 Å². The zero-order chi connectivity index (χ0) is 16.2. The molecular formula is C14H14N6O2S. The smallest absolute Gasteiger partial charge is 0.267 e. The number of anilines is 1. The second kappa shape index (κ2) is 6.53. The van der Waals surface area contributed by atoms with E-state index in [1.165, 1.54) is 17.7 Å². The Morgan fingerprint density at radius 2 is 2.30 bits per heavy atom. The van der Waals surface area contributed by atoms with Crippen LogP contribution in [0, 0.1) is 6.92 Å². The number of carbonyl (C=O) groups excluding carboxylic acids is 1. The number of H-pyrrole nitrogens is 1. The zero-order valence-corrected chi connectivity index (χ0v) is 13.3. The van der Waals surface area contributed by atoms with Gasteiger partial charge in [-0.05, 0) is 26.0 Å². The molecule has 3 rings (SSSR count). The highest BCUT2D eigenvalue weighted by atomic mass is 32.1. The van der Waals surface area contributed by atoms with Gasteiger partial charge >= 0.3 is 0 Å². The summed E-state index contributed by atoms with van der Waals surface area (Å²) in [6.45, 7) is 4.10. The third kappa shape index (κ3) is 3.19. The summed E-state index contributed by atoms with van der Waals surface area (Å²) < 4.78 is 5.41. The van der Waals surface area contributed by atoms with Gasteiger partial charge in [0.1, 0.15) is 16.9 Å². The lowest BCUT2D eigenvalue weighted by molar-refractivity contribution is 0.102. The highest BCUT2D eigenvalue weighted by Gasteiger charge is 2.19. The summed E-state index contributed by atoms with van der Waals surface area (Å²) in [5.74, 6) is 0.661. The number of aromatic amines is 1. The molecule has 0 spiro atoms. The van der Waals surface area contributed by atoms with Gasteiger partial charge in [-0.1, -0.05) is 0 Å². The van der Waals surface area contributed by atoms with E-state index in [4.69, 9.17) is 4.74 Å². The van der Waals surface area contributed by atoms with Gasteiger partial charge < -0.3 is 10.1 Å². The van der Waals surface area contributed by atoms with Gasteiger partial charge in [-0.3, -0.25) is 9.89 Å². The molecule has 0 saturated heterocycles. The largest absolute Gasteiger partial charge is 0.476 e. The van der Waals surface area contributed by atoms with Crippen LogP contribution in [0.25, 0.3) is 10.8 Å². The fourth-order valence-corrected chi connectivity index (χ4v) is 2.84.